The van der Waals surface area contributed by atoms with Gasteiger partial charge >= 0.3 is 0 Å². The molecule has 0 aliphatic rings. The lowest BCUT2D eigenvalue weighted by Gasteiger charge is -2.15. The van der Waals surface area contributed by atoms with Gasteiger partial charge in [0.1, 0.15) is 0 Å². The van der Waals surface area contributed by atoms with Gasteiger partial charge in [-0.3, -0.25) is 9.59 Å². The van der Waals surface area contributed by atoms with Crippen LogP contribution in [0.25, 0.3) is 32.3 Å². The molecule has 4 aromatic carbocycles. The zero-order valence-electron chi connectivity index (χ0n) is 16.6. The number of aliphatic hydroxyl groups is 2. The molecule has 0 spiro atoms. The molecule has 0 aromatic heterocycles. The highest BCUT2D eigenvalue weighted by molar-refractivity contribution is 6.27. The van der Waals surface area contributed by atoms with Crippen LogP contribution in [-0.4, -0.2) is 48.3 Å². The van der Waals surface area contributed by atoms with Crippen molar-refractivity contribution in [1.82, 2.24) is 10.6 Å². The van der Waals surface area contributed by atoms with Gasteiger partial charge in [-0.05, 0) is 63.4 Å². The summed E-state index contributed by atoms with van der Waals surface area (Å²) >= 11 is 0. The van der Waals surface area contributed by atoms with E-state index in [0.29, 0.717) is 37.1 Å². The van der Waals surface area contributed by atoms with Crippen LogP contribution < -0.4 is 10.6 Å². The molecule has 0 bridgehead atoms. The van der Waals surface area contributed by atoms with Gasteiger partial charge in [-0.25, -0.2) is 0 Å². The van der Waals surface area contributed by atoms with Gasteiger partial charge in [0.2, 0.25) is 0 Å². The van der Waals surface area contributed by atoms with E-state index in [-0.39, 0.29) is 25.0 Å². The van der Waals surface area contributed by atoms with Gasteiger partial charge in [0, 0.05) is 37.4 Å². The van der Waals surface area contributed by atoms with Crippen molar-refractivity contribution in [3.8, 4) is 0 Å². The summed E-state index contributed by atoms with van der Waals surface area (Å²) in [6, 6.07) is 15.4. The topological polar surface area (TPSA) is 98.7 Å². The Morgan fingerprint density at radius 3 is 1.93 bits per heavy atom. The number of carbonyl (C=O) groups excluding carboxylic acids is 2. The number of benzene rings is 4. The first-order valence-corrected chi connectivity index (χ1v) is 10.1. The largest absolute Gasteiger partial charge is 0.396 e. The minimum atomic E-state index is -0.169. The number of aliphatic hydroxyl groups excluding tert-OH is 2. The highest BCUT2D eigenvalue weighted by Gasteiger charge is 2.16. The van der Waals surface area contributed by atoms with E-state index in [4.69, 9.17) is 10.2 Å². The summed E-state index contributed by atoms with van der Waals surface area (Å²) in [5.41, 5.74) is 1.17. The second-order valence-electron chi connectivity index (χ2n) is 7.35. The highest BCUT2D eigenvalue weighted by Crippen LogP contribution is 2.36. The number of carbonyl (C=O) groups is 2. The smallest absolute Gasteiger partial charge is 0.251 e. The van der Waals surface area contributed by atoms with E-state index in [9.17, 15) is 9.59 Å². The molecule has 4 aromatic rings. The summed E-state index contributed by atoms with van der Waals surface area (Å²) < 4.78 is 0. The van der Waals surface area contributed by atoms with Crippen molar-refractivity contribution >= 4 is 44.1 Å². The Balaban J connectivity index is 1.79. The van der Waals surface area contributed by atoms with Gasteiger partial charge < -0.3 is 20.8 Å². The molecule has 30 heavy (non-hydrogen) atoms. The van der Waals surface area contributed by atoms with E-state index < -0.39 is 0 Å². The second kappa shape index (κ2) is 8.65. The Kier molecular flexibility index (Phi) is 5.79. The van der Waals surface area contributed by atoms with Crippen LogP contribution in [0.5, 0.6) is 0 Å². The van der Waals surface area contributed by atoms with Crippen molar-refractivity contribution in [2.45, 2.75) is 12.8 Å². The minimum Gasteiger partial charge on any atom is -0.396 e. The van der Waals surface area contributed by atoms with E-state index in [1.807, 2.05) is 48.5 Å². The first-order chi connectivity index (χ1) is 14.6. The van der Waals surface area contributed by atoms with Gasteiger partial charge in [-0.15, -0.1) is 0 Å². The number of hydrogen-bond acceptors (Lipinski definition) is 4. The Morgan fingerprint density at radius 1 is 0.700 bits per heavy atom. The normalized spacial score (nSPS) is 11.4. The summed E-state index contributed by atoms with van der Waals surface area (Å²) in [5.74, 6) is -0.330. The molecule has 6 heteroatoms. The van der Waals surface area contributed by atoms with Gasteiger partial charge in [0.05, 0.1) is 0 Å². The average molecular weight is 404 g/mol. The molecular formula is C24H24N2O4. The molecule has 0 aliphatic heterocycles. The van der Waals surface area contributed by atoms with Crippen LogP contribution in [-0.2, 0) is 0 Å². The van der Waals surface area contributed by atoms with Crippen molar-refractivity contribution in [3.63, 3.8) is 0 Å². The third-order valence-corrected chi connectivity index (χ3v) is 5.35. The van der Waals surface area contributed by atoms with Crippen LogP contribution >= 0.6 is 0 Å². The summed E-state index contributed by atoms with van der Waals surface area (Å²) in [6.45, 7) is 0.923. The van der Waals surface area contributed by atoms with Gasteiger partial charge in [0.15, 0.2) is 0 Å². The maximum absolute atomic E-state index is 12.7. The van der Waals surface area contributed by atoms with Crippen LogP contribution in [0.2, 0.25) is 0 Å². The first-order valence-electron chi connectivity index (χ1n) is 10.1. The fraction of sp³-hybridized carbons (Fsp3) is 0.250. The summed E-state index contributed by atoms with van der Waals surface area (Å²) in [4.78, 5) is 25.2. The molecule has 0 unspecified atom stereocenters. The SMILES string of the molecule is O=C(NCCCO)c1cc2ccc3ccc(C(=O)NCCCO)c4ccc(c1)c2c34. The Bertz CT molecular complexity index is 1200. The molecule has 6 nitrogen and oxygen atoms in total. The van der Waals surface area contributed by atoms with Crippen LogP contribution in [0.1, 0.15) is 33.6 Å². The van der Waals surface area contributed by atoms with E-state index in [0.717, 1.165) is 32.3 Å². The highest BCUT2D eigenvalue weighted by atomic mass is 16.3. The molecule has 4 N–H and O–H groups in total. The molecule has 0 heterocycles. The Morgan fingerprint density at radius 2 is 1.27 bits per heavy atom. The van der Waals surface area contributed by atoms with E-state index >= 15 is 0 Å². The van der Waals surface area contributed by atoms with E-state index in [1.165, 1.54) is 0 Å². The quantitative estimate of drug-likeness (QED) is 0.268. The van der Waals surface area contributed by atoms with Crippen molar-refractivity contribution in [3.05, 3.63) is 59.7 Å². The van der Waals surface area contributed by atoms with Crippen LogP contribution in [0.3, 0.4) is 0 Å². The maximum atomic E-state index is 12.7. The van der Waals surface area contributed by atoms with Gasteiger partial charge in [-0.1, -0.05) is 30.3 Å². The average Bonchev–Trinajstić information content (AvgIpc) is 2.77. The maximum Gasteiger partial charge on any atom is 0.251 e. The zero-order chi connectivity index (χ0) is 21.1. The molecule has 0 saturated heterocycles. The summed E-state index contributed by atoms with van der Waals surface area (Å²) in [5, 5.41) is 29.3. The minimum absolute atomic E-state index is 0.0364. The molecule has 154 valence electrons. The third kappa shape index (κ3) is 3.67. The number of nitrogens with one attached hydrogen (secondary N) is 2. The van der Waals surface area contributed by atoms with Crippen molar-refractivity contribution in [1.29, 1.82) is 0 Å². The first kappa shape index (κ1) is 20.1. The lowest BCUT2D eigenvalue weighted by molar-refractivity contribution is 0.0943. The molecule has 0 aliphatic carbocycles. The Labute approximate surface area is 173 Å². The standard InChI is InChI=1S/C24H24N2O4/c27-11-1-9-25-23(29)18-13-16-4-3-15-5-8-20(24(30)26-10-2-12-28)19-7-6-17(14-18)21(16)22(15)19/h3-8,13-14,27-28H,1-2,9-12H2,(H,25,29)(H,26,30). The summed E-state index contributed by atoms with van der Waals surface area (Å²) in [7, 11) is 0. The monoisotopic (exact) mass is 404 g/mol. The van der Waals surface area contributed by atoms with Crippen molar-refractivity contribution in [2.24, 2.45) is 0 Å². The fourth-order valence-corrected chi connectivity index (χ4v) is 3.91. The zero-order valence-corrected chi connectivity index (χ0v) is 16.6. The number of rotatable bonds is 8. The van der Waals surface area contributed by atoms with Crippen LogP contribution in [0, 0.1) is 0 Å². The van der Waals surface area contributed by atoms with Crippen molar-refractivity contribution < 1.29 is 19.8 Å². The lowest BCUT2D eigenvalue weighted by atomic mass is 9.90. The van der Waals surface area contributed by atoms with E-state index in [2.05, 4.69) is 10.6 Å². The molecule has 0 atom stereocenters. The molecule has 0 radical (unpaired) electrons. The van der Waals surface area contributed by atoms with Gasteiger partial charge in [0.25, 0.3) is 11.8 Å². The molecule has 0 fully saturated rings. The lowest BCUT2D eigenvalue weighted by Crippen LogP contribution is -2.25. The summed E-state index contributed by atoms with van der Waals surface area (Å²) in [6.07, 6.45) is 1.03. The van der Waals surface area contributed by atoms with E-state index in [1.54, 1.807) is 0 Å². The second-order valence-corrected chi connectivity index (χ2v) is 7.35. The molecular weight excluding hydrogens is 380 g/mol. The van der Waals surface area contributed by atoms with Crippen molar-refractivity contribution in [2.75, 3.05) is 26.3 Å². The molecule has 0 saturated carbocycles. The predicted molar refractivity (Wildman–Crippen MR) is 118 cm³/mol. The van der Waals surface area contributed by atoms with Crippen LogP contribution in [0.4, 0.5) is 0 Å². The number of amides is 2. The number of hydrogen-bond donors (Lipinski definition) is 4. The third-order valence-electron chi connectivity index (χ3n) is 5.35. The predicted octanol–water partition coefficient (Wildman–Crippen LogP) is 2.81. The Hall–Kier alpha value is -3.22. The molecule has 2 amide bonds. The van der Waals surface area contributed by atoms with Gasteiger partial charge in [-0.2, -0.15) is 0 Å². The van der Waals surface area contributed by atoms with Crippen LogP contribution in [0.15, 0.2) is 48.5 Å². The fourth-order valence-electron chi connectivity index (χ4n) is 3.91. The molecule has 4 rings (SSSR count).